The van der Waals surface area contributed by atoms with E-state index in [0.717, 1.165) is 30.2 Å². The number of hydrogen-bond acceptors (Lipinski definition) is 5. The van der Waals surface area contributed by atoms with Crippen LogP contribution in [-0.2, 0) is 4.79 Å². The largest absolute Gasteiger partial charge is 0.454 e. The van der Waals surface area contributed by atoms with Crippen LogP contribution in [0.3, 0.4) is 0 Å². The molecule has 3 rings (SSSR count). The van der Waals surface area contributed by atoms with Gasteiger partial charge >= 0.3 is 0 Å². The van der Waals surface area contributed by atoms with Crippen LogP contribution >= 0.6 is 0 Å². The molecule has 1 atom stereocenters. The number of ether oxygens (including phenoxy) is 2. The van der Waals surface area contributed by atoms with Crippen molar-refractivity contribution in [2.75, 3.05) is 31.3 Å². The molecule has 2 aliphatic heterocycles. The van der Waals surface area contributed by atoms with E-state index in [0.29, 0.717) is 13.1 Å². The summed E-state index contributed by atoms with van der Waals surface area (Å²) in [5.74, 6) is 1.45. The Bertz CT molecular complexity index is 492. The lowest BCUT2D eigenvalue weighted by Crippen LogP contribution is -2.49. The number of nitrogens with one attached hydrogen (secondary N) is 1. The van der Waals surface area contributed by atoms with Gasteiger partial charge in [0, 0.05) is 31.4 Å². The Morgan fingerprint density at radius 2 is 2.21 bits per heavy atom. The molecule has 1 saturated heterocycles. The Kier molecular flexibility index (Phi) is 3.16. The SMILES string of the molecule is NCC1C(=O)NCCCN1c1ccc2c(c1)OCO2. The van der Waals surface area contributed by atoms with Crippen LogP contribution in [-0.4, -0.2) is 38.4 Å². The van der Waals surface area contributed by atoms with Crippen LogP contribution in [0, 0.1) is 0 Å². The molecule has 0 spiro atoms. The van der Waals surface area contributed by atoms with Crippen molar-refractivity contribution in [2.24, 2.45) is 5.73 Å². The first-order chi connectivity index (χ1) is 9.29. The molecule has 1 aromatic rings. The maximum Gasteiger partial charge on any atom is 0.244 e. The molecule has 102 valence electrons. The maximum atomic E-state index is 12.0. The van der Waals surface area contributed by atoms with E-state index in [1.807, 2.05) is 23.1 Å². The summed E-state index contributed by atoms with van der Waals surface area (Å²) in [5, 5.41) is 2.88. The summed E-state index contributed by atoms with van der Waals surface area (Å²) in [7, 11) is 0. The second kappa shape index (κ2) is 4.97. The number of carbonyl (C=O) groups excluding carboxylic acids is 1. The summed E-state index contributed by atoms with van der Waals surface area (Å²) < 4.78 is 10.7. The van der Waals surface area contributed by atoms with Crippen LogP contribution in [0.4, 0.5) is 5.69 Å². The van der Waals surface area contributed by atoms with Crippen LogP contribution in [0.15, 0.2) is 18.2 Å². The van der Waals surface area contributed by atoms with Crippen LogP contribution in [0.2, 0.25) is 0 Å². The van der Waals surface area contributed by atoms with Crippen LogP contribution in [0.25, 0.3) is 0 Å². The zero-order valence-electron chi connectivity index (χ0n) is 10.6. The monoisotopic (exact) mass is 263 g/mol. The summed E-state index contributed by atoms with van der Waals surface area (Å²) >= 11 is 0. The Labute approximate surface area is 111 Å². The molecule has 3 N–H and O–H groups in total. The van der Waals surface area contributed by atoms with Crippen LogP contribution < -0.4 is 25.4 Å². The van der Waals surface area contributed by atoms with E-state index < -0.39 is 0 Å². The smallest absolute Gasteiger partial charge is 0.244 e. The van der Waals surface area contributed by atoms with Crippen molar-refractivity contribution in [3.05, 3.63) is 18.2 Å². The predicted molar refractivity (Wildman–Crippen MR) is 70.4 cm³/mol. The molecule has 0 aromatic heterocycles. The Morgan fingerprint density at radius 3 is 3.05 bits per heavy atom. The first-order valence-electron chi connectivity index (χ1n) is 6.43. The first kappa shape index (κ1) is 12.1. The Hall–Kier alpha value is -1.95. The topological polar surface area (TPSA) is 76.8 Å². The fourth-order valence-corrected chi connectivity index (χ4v) is 2.48. The number of rotatable bonds is 2. The van der Waals surface area contributed by atoms with Gasteiger partial charge in [0.25, 0.3) is 0 Å². The van der Waals surface area contributed by atoms with Crippen LogP contribution in [0.5, 0.6) is 11.5 Å². The van der Waals surface area contributed by atoms with Gasteiger partial charge in [-0.25, -0.2) is 0 Å². The van der Waals surface area contributed by atoms with E-state index >= 15 is 0 Å². The van der Waals surface area contributed by atoms with Crippen molar-refractivity contribution in [1.82, 2.24) is 5.32 Å². The summed E-state index contributed by atoms with van der Waals surface area (Å²) in [5.41, 5.74) is 6.69. The van der Waals surface area contributed by atoms with Gasteiger partial charge in [0.2, 0.25) is 12.7 Å². The van der Waals surface area contributed by atoms with Crippen LogP contribution in [0.1, 0.15) is 6.42 Å². The first-order valence-corrected chi connectivity index (χ1v) is 6.43. The van der Waals surface area contributed by atoms with E-state index in [2.05, 4.69) is 5.32 Å². The van der Waals surface area contributed by atoms with Gasteiger partial charge in [0.15, 0.2) is 11.5 Å². The zero-order chi connectivity index (χ0) is 13.2. The average Bonchev–Trinajstić information content (AvgIpc) is 2.81. The highest BCUT2D eigenvalue weighted by atomic mass is 16.7. The summed E-state index contributed by atoms with van der Waals surface area (Å²) in [4.78, 5) is 14.0. The lowest BCUT2D eigenvalue weighted by Gasteiger charge is -2.29. The van der Waals surface area contributed by atoms with E-state index in [-0.39, 0.29) is 18.7 Å². The molecule has 0 radical (unpaired) electrons. The zero-order valence-corrected chi connectivity index (χ0v) is 10.6. The second-order valence-electron chi connectivity index (χ2n) is 4.63. The Balaban J connectivity index is 1.92. The molecular formula is C13H17N3O3. The van der Waals surface area contributed by atoms with Crippen molar-refractivity contribution in [3.8, 4) is 11.5 Å². The van der Waals surface area contributed by atoms with Gasteiger partial charge in [0.1, 0.15) is 6.04 Å². The molecule has 2 heterocycles. The third-order valence-electron chi connectivity index (χ3n) is 3.46. The average molecular weight is 263 g/mol. The fourth-order valence-electron chi connectivity index (χ4n) is 2.48. The number of amides is 1. The number of anilines is 1. The van der Waals surface area contributed by atoms with E-state index in [9.17, 15) is 4.79 Å². The van der Waals surface area contributed by atoms with Gasteiger partial charge in [-0.2, -0.15) is 0 Å². The minimum atomic E-state index is -0.331. The van der Waals surface area contributed by atoms with Gasteiger partial charge in [-0.1, -0.05) is 0 Å². The lowest BCUT2D eigenvalue weighted by molar-refractivity contribution is -0.121. The summed E-state index contributed by atoms with van der Waals surface area (Å²) in [6.45, 7) is 2.02. The third kappa shape index (κ3) is 2.19. The van der Waals surface area contributed by atoms with Crippen molar-refractivity contribution < 1.29 is 14.3 Å². The van der Waals surface area contributed by atoms with Gasteiger partial charge in [-0.05, 0) is 18.6 Å². The fraction of sp³-hybridized carbons (Fsp3) is 0.462. The maximum absolute atomic E-state index is 12.0. The number of benzene rings is 1. The number of carbonyl (C=O) groups is 1. The third-order valence-corrected chi connectivity index (χ3v) is 3.46. The molecule has 2 aliphatic rings. The number of nitrogens with zero attached hydrogens (tertiary/aromatic N) is 1. The molecule has 6 heteroatoms. The predicted octanol–water partition coefficient (Wildman–Crippen LogP) is 0.0689. The molecule has 0 saturated carbocycles. The highest BCUT2D eigenvalue weighted by Gasteiger charge is 2.28. The number of hydrogen-bond donors (Lipinski definition) is 2. The molecule has 19 heavy (non-hydrogen) atoms. The molecular weight excluding hydrogens is 246 g/mol. The van der Waals surface area contributed by atoms with Crippen molar-refractivity contribution in [2.45, 2.75) is 12.5 Å². The summed E-state index contributed by atoms with van der Waals surface area (Å²) in [6.07, 6.45) is 0.899. The molecule has 6 nitrogen and oxygen atoms in total. The minimum absolute atomic E-state index is 0.0160. The quantitative estimate of drug-likeness (QED) is 0.789. The molecule has 1 fully saturated rings. The lowest BCUT2D eigenvalue weighted by atomic mass is 10.2. The van der Waals surface area contributed by atoms with Crippen molar-refractivity contribution >= 4 is 11.6 Å². The van der Waals surface area contributed by atoms with Crippen molar-refractivity contribution in [3.63, 3.8) is 0 Å². The van der Waals surface area contributed by atoms with Gasteiger partial charge in [0.05, 0.1) is 0 Å². The van der Waals surface area contributed by atoms with E-state index in [1.165, 1.54) is 0 Å². The van der Waals surface area contributed by atoms with Gasteiger partial charge in [-0.3, -0.25) is 4.79 Å². The number of fused-ring (bicyclic) bond motifs is 1. The minimum Gasteiger partial charge on any atom is -0.454 e. The van der Waals surface area contributed by atoms with E-state index in [4.69, 9.17) is 15.2 Å². The summed E-state index contributed by atoms with van der Waals surface area (Å²) in [6, 6.07) is 5.38. The van der Waals surface area contributed by atoms with Gasteiger partial charge in [-0.15, -0.1) is 0 Å². The molecule has 1 amide bonds. The highest BCUT2D eigenvalue weighted by molar-refractivity contribution is 5.86. The van der Waals surface area contributed by atoms with Crippen molar-refractivity contribution in [1.29, 1.82) is 0 Å². The second-order valence-corrected chi connectivity index (χ2v) is 4.63. The number of nitrogens with two attached hydrogens (primary N) is 1. The Morgan fingerprint density at radius 1 is 1.37 bits per heavy atom. The molecule has 1 unspecified atom stereocenters. The molecule has 1 aromatic carbocycles. The normalized spacial score (nSPS) is 22.1. The standard InChI is InChI=1S/C13H17N3O3/c14-7-10-13(17)15-4-1-5-16(10)9-2-3-11-12(6-9)19-8-18-11/h2-3,6,10H,1,4-5,7-8,14H2,(H,15,17). The van der Waals surface area contributed by atoms with Gasteiger partial charge < -0.3 is 25.4 Å². The van der Waals surface area contributed by atoms with E-state index in [1.54, 1.807) is 0 Å². The molecule has 0 bridgehead atoms. The highest BCUT2D eigenvalue weighted by Crippen LogP contribution is 2.36. The molecule has 0 aliphatic carbocycles.